The van der Waals surface area contributed by atoms with Crippen LogP contribution in [0.4, 0.5) is 4.79 Å². The predicted octanol–water partition coefficient (Wildman–Crippen LogP) is 3.25. The molecular formula is C20H34N4O4. The van der Waals surface area contributed by atoms with Crippen molar-refractivity contribution in [3.63, 3.8) is 0 Å². The van der Waals surface area contributed by atoms with Gasteiger partial charge in [-0.25, -0.2) is 4.79 Å². The van der Waals surface area contributed by atoms with Crippen molar-refractivity contribution in [1.82, 2.24) is 20.4 Å². The highest BCUT2D eigenvalue weighted by molar-refractivity contribution is 5.76. The normalized spacial score (nSPS) is 17.4. The van der Waals surface area contributed by atoms with E-state index >= 15 is 0 Å². The fourth-order valence-corrected chi connectivity index (χ4v) is 3.31. The second-order valence-corrected chi connectivity index (χ2v) is 8.33. The van der Waals surface area contributed by atoms with E-state index in [2.05, 4.69) is 22.4 Å². The number of amides is 2. The van der Waals surface area contributed by atoms with Crippen molar-refractivity contribution in [2.75, 3.05) is 13.1 Å². The Morgan fingerprint density at radius 3 is 2.79 bits per heavy atom. The maximum Gasteiger partial charge on any atom is 0.407 e. The van der Waals surface area contributed by atoms with E-state index in [1.807, 2.05) is 25.7 Å². The van der Waals surface area contributed by atoms with Crippen LogP contribution in [-0.2, 0) is 22.4 Å². The van der Waals surface area contributed by atoms with Crippen LogP contribution < -0.4 is 5.32 Å². The summed E-state index contributed by atoms with van der Waals surface area (Å²) in [6.45, 7) is 8.72. The van der Waals surface area contributed by atoms with Gasteiger partial charge < -0.3 is 19.5 Å². The largest absolute Gasteiger partial charge is 0.444 e. The Morgan fingerprint density at radius 2 is 2.07 bits per heavy atom. The predicted molar refractivity (Wildman–Crippen MR) is 105 cm³/mol. The van der Waals surface area contributed by atoms with Crippen LogP contribution >= 0.6 is 0 Å². The van der Waals surface area contributed by atoms with Gasteiger partial charge in [0.2, 0.25) is 11.8 Å². The van der Waals surface area contributed by atoms with Gasteiger partial charge in [0.25, 0.3) is 0 Å². The number of aromatic nitrogens is 2. The maximum atomic E-state index is 12.7. The van der Waals surface area contributed by atoms with Gasteiger partial charge in [0.15, 0.2) is 5.82 Å². The van der Waals surface area contributed by atoms with Gasteiger partial charge in [-0.3, -0.25) is 4.79 Å². The number of hydrogen-bond donors (Lipinski definition) is 1. The van der Waals surface area contributed by atoms with E-state index in [1.54, 1.807) is 0 Å². The first-order chi connectivity index (χ1) is 13.3. The van der Waals surface area contributed by atoms with Crippen LogP contribution in [0.2, 0.25) is 0 Å². The van der Waals surface area contributed by atoms with E-state index in [9.17, 15) is 9.59 Å². The Bertz CT molecular complexity index is 638. The van der Waals surface area contributed by atoms with Crippen molar-refractivity contribution in [1.29, 1.82) is 0 Å². The van der Waals surface area contributed by atoms with Crippen LogP contribution in [0.1, 0.15) is 77.9 Å². The highest BCUT2D eigenvalue weighted by Gasteiger charge is 2.27. The molecule has 28 heavy (non-hydrogen) atoms. The number of ether oxygens (including phenoxy) is 1. The molecule has 1 atom stereocenters. The van der Waals surface area contributed by atoms with E-state index < -0.39 is 11.7 Å². The van der Waals surface area contributed by atoms with Gasteiger partial charge in [-0.15, -0.1) is 0 Å². The zero-order chi connectivity index (χ0) is 20.6. The molecule has 2 amide bonds. The van der Waals surface area contributed by atoms with Crippen molar-refractivity contribution in [3.8, 4) is 0 Å². The average molecular weight is 395 g/mol. The highest BCUT2D eigenvalue weighted by atomic mass is 16.6. The van der Waals surface area contributed by atoms with Crippen LogP contribution in [0.15, 0.2) is 4.52 Å². The number of likely N-dealkylation sites (tertiary alicyclic amines) is 1. The topological polar surface area (TPSA) is 97.6 Å². The third kappa shape index (κ3) is 7.48. The lowest BCUT2D eigenvalue weighted by molar-refractivity contribution is -0.134. The molecule has 158 valence electrons. The number of carbonyl (C=O) groups is 2. The van der Waals surface area contributed by atoms with Gasteiger partial charge in [0, 0.05) is 38.4 Å². The first kappa shape index (κ1) is 22.2. The lowest BCUT2D eigenvalue weighted by Crippen LogP contribution is -2.49. The van der Waals surface area contributed by atoms with E-state index in [4.69, 9.17) is 9.26 Å². The molecular weight excluding hydrogens is 360 g/mol. The molecule has 1 unspecified atom stereocenters. The van der Waals surface area contributed by atoms with E-state index in [-0.39, 0.29) is 11.9 Å². The minimum absolute atomic E-state index is 0.0216. The quantitative estimate of drug-likeness (QED) is 0.727. The summed E-state index contributed by atoms with van der Waals surface area (Å²) in [7, 11) is 0. The van der Waals surface area contributed by atoms with Gasteiger partial charge in [-0.1, -0.05) is 12.1 Å². The molecule has 0 spiro atoms. The summed E-state index contributed by atoms with van der Waals surface area (Å²) in [5, 5.41) is 6.74. The SMILES string of the molecule is CCCc1noc(CCCC(=O)N2CCCCC2CNC(=O)OC(C)(C)C)n1. The number of piperidine rings is 1. The number of alkyl carbamates (subject to hydrolysis) is 1. The zero-order valence-electron chi connectivity index (χ0n) is 17.6. The molecule has 0 radical (unpaired) electrons. The minimum atomic E-state index is -0.530. The molecule has 8 heteroatoms. The van der Waals surface area contributed by atoms with E-state index in [0.717, 1.165) is 44.5 Å². The molecule has 8 nitrogen and oxygen atoms in total. The zero-order valence-corrected chi connectivity index (χ0v) is 17.6. The van der Waals surface area contributed by atoms with Gasteiger partial charge in [-0.2, -0.15) is 4.98 Å². The Hall–Kier alpha value is -2.12. The Morgan fingerprint density at radius 1 is 1.29 bits per heavy atom. The summed E-state index contributed by atoms with van der Waals surface area (Å²) in [6.07, 6.45) is 6.02. The monoisotopic (exact) mass is 394 g/mol. The molecule has 0 bridgehead atoms. The fraction of sp³-hybridized carbons (Fsp3) is 0.800. The highest BCUT2D eigenvalue weighted by Crippen LogP contribution is 2.19. The standard InChI is InChI=1S/C20H34N4O4/c1-5-9-16-22-17(28-23-16)11-8-12-18(25)24-13-7-6-10-15(24)14-21-19(26)27-20(2,3)4/h15H,5-14H2,1-4H3,(H,21,26). The third-order valence-corrected chi connectivity index (χ3v) is 4.59. The van der Waals surface area contributed by atoms with Gasteiger partial charge in [0.1, 0.15) is 5.60 Å². The van der Waals surface area contributed by atoms with E-state index in [1.165, 1.54) is 0 Å². The third-order valence-electron chi connectivity index (χ3n) is 4.59. The van der Waals surface area contributed by atoms with Crippen LogP contribution in [0.3, 0.4) is 0 Å². The fourth-order valence-electron chi connectivity index (χ4n) is 3.31. The van der Waals surface area contributed by atoms with Crippen molar-refractivity contribution < 1.29 is 18.8 Å². The summed E-state index contributed by atoms with van der Waals surface area (Å²) in [5.74, 6) is 1.44. The van der Waals surface area contributed by atoms with Crippen molar-refractivity contribution >= 4 is 12.0 Å². The second-order valence-electron chi connectivity index (χ2n) is 8.33. The summed E-state index contributed by atoms with van der Waals surface area (Å²) in [5.41, 5.74) is -0.530. The van der Waals surface area contributed by atoms with Crippen molar-refractivity contribution in [2.24, 2.45) is 0 Å². The van der Waals surface area contributed by atoms with Gasteiger partial charge >= 0.3 is 6.09 Å². The van der Waals surface area contributed by atoms with E-state index in [0.29, 0.717) is 31.7 Å². The molecule has 2 heterocycles. The second kappa shape index (κ2) is 10.4. The van der Waals surface area contributed by atoms with Gasteiger partial charge in [-0.05, 0) is 52.9 Å². The molecule has 1 aromatic rings. The minimum Gasteiger partial charge on any atom is -0.444 e. The van der Waals surface area contributed by atoms with Crippen molar-refractivity contribution in [2.45, 2.75) is 90.7 Å². The summed E-state index contributed by atoms with van der Waals surface area (Å²) in [4.78, 5) is 30.8. The smallest absolute Gasteiger partial charge is 0.407 e. The molecule has 1 aliphatic heterocycles. The molecule has 1 N–H and O–H groups in total. The Kier molecular flexibility index (Phi) is 8.26. The molecule has 0 aliphatic carbocycles. The average Bonchev–Trinajstić information content (AvgIpc) is 3.06. The summed E-state index contributed by atoms with van der Waals surface area (Å²) in [6, 6.07) is 0.0216. The molecule has 0 aromatic carbocycles. The number of nitrogens with zero attached hydrogens (tertiary/aromatic N) is 3. The lowest BCUT2D eigenvalue weighted by atomic mass is 10.0. The molecule has 1 aliphatic rings. The maximum absolute atomic E-state index is 12.7. The van der Waals surface area contributed by atoms with Crippen LogP contribution in [-0.4, -0.2) is 51.8 Å². The van der Waals surface area contributed by atoms with Crippen LogP contribution in [0, 0.1) is 0 Å². The molecule has 0 saturated carbocycles. The Labute approximate surface area is 167 Å². The molecule has 1 saturated heterocycles. The number of carbonyl (C=O) groups excluding carboxylic acids is 2. The first-order valence-electron chi connectivity index (χ1n) is 10.4. The summed E-state index contributed by atoms with van der Waals surface area (Å²) < 4.78 is 10.5. The van der Waals surface area contributed by atoms with Crippen LogP contribution in [0.5, 0.6) is 0 Å². The number of rotatable bonds is 8. The van der Waals surface area contributed by atoms with Crippen molar-refractivity contribution in [3.05, 3.63) is 11.7 Å². The molecule has 1 fully saturated rings. The van der Waals surface area contributed by atoms with Crippen LogP contribution in [0.25, 0.3) is 0 Å². The summed E-state index contributed by atoms with van der Waals surface area (Å²) >= 11 is 0. The number of nitrogens with one attached hydrogen (secondary N) is 1. The lowest BCUT2D eigenvalue weighted by Gasteiger charge is -2.36. The van der Waals surface area contributed by atoms with Gasteiger partial charge in [0.05, 0.1) is 0 Å². The molecule has 2 rings (SSSR count). The number of hydrogen-bond acceptors (Lipinski definition) is 6. The first-order valence-corrected chi connectivity index (χ1v) is 10.4. The Balaban J connectivity index is 1.78. The number of aryl methyl sites for hydroxylation is 2. The molecule has 1 aromatic heterocycles.